The molecular weight excluding hydrogens is 264 g/mol. The van der Waals surface area contributed by atoms with E-state index in [1.807, 2.05) is 0 Å². The molecule has 0 bridgehead atoms. The third-order valence-corrected chi connectivity index (χ3v) is 4.11. The molecule has 1 fully saturated rings. The predicted octanol–water partition coefficient (Wildman–Crippen LogP) is 1.05. The van der Waals surface area contributed by atoms with Gasteiger partial charge in [-0.05, 0) is 24.3 Å². The Labute approximate surface area is 116 Å². The Morgan fingerprint density at radius 2 is 2.05 bits per heavy atom. The van der Waals surface area contributed by atoms with E-state index in [0.29, 0.717) is 5.69 Å². The Bertz CT molecular complexity index is 469. The van der Waals surface area contributed by atoms with E-state index in [4.69, 9.17) is 5.11 Å². The second-order valence-electron chi connectivity index (χ2n) is 4.33. The van der Waals surface area contributed by atoms with Gasteiger partial charge in [-0.15, -0.1) is 0 Å². The van der Waals surface area contributed by atoms with Crippen LogP contribution in [0.2, 0.25) is 0 Å². The highest BCUT2D eigenvalue weighted by Gasteiger charge is 2.24. The molecule has 1 atom stereocenters. The topological polar surface area (TPSA) is 69.6 Å². The van der Waals surface area contributed by atoms with Crippen LogP contribution in [-0.2, 0) is 4.79 Å². The maximum Gasteiger partial charge on any atom is 0.335 e. The fourth-order valence-corrected chi connectivity index (χ4v) is 2.84. The van der Waals surface area contributed by atoms with E-state index >= 15 is 0 Å². The lowest BCUT2D eigenvalue weighted by atomic mass is 10.2. The molecule has 0 aliphatic carbocycles. The van der Waals surface area contributed by atoms with Gasteiger partial charge in [0.25, 0.3) is 0 Å². The molecule has 0 spiro atoms. The summed E-state index contributed by atoms with van der Waals surface area (Å²) in [5, 5.41) is 12.0. The highest BCUT2D eigenvalue weighted by Crippen LogP contribution is 2.17. The van der Waals surface area contributed by atoms with Crippen LogP contribution in [0.15, 0.2) is 24.3 Å². The van der Waals surface area contributed by atoms with Crippen molar-refractivity contribution in [2.75, 3.05) is 30.0 Å². The van der Waals surface area contributed by atoms with Gasteiger partial charge in [0.15, 0.2) is 0 Å². The first-order chi connectivity index (χ1) is 9.09. The summed E-state index contributed by atoms with van der Waals surface area (Å²) in [6, 6.07) is 6.15. The number of thioether (sulfide) groups is 1. The van der Waals surface area contributed by atoms with Crippen LogP contribution < -0.4 is 10.2 Å². The normalized spacial score (nSPS) is 18.9. The third kappa shape index (κ3) is 3.27. The second-order valence-corrected chi connectivity index (χ2v) is 5.48. The summed E-state index contributed by atoms with van der Waals surface area (Å²) in [5.74, 6) is 0.845. The molecule has 5 nitrogen and oxygen atoms in total. The molecule has 0 saturated carbocycles. The summed E-state index contributed by atoms with van der Waals surface area (Å²) in [6.45, 7) is 0.840. The van der Waals surface area contributed by atoms with Crippen molar-refractivity contribution >= 4 is 29.3 Å². The number of carbonyl (C=O) groups is 2. The van der Waals surface area contributed by atoms with Gasteiger partial charge >= 0.3 is 5.97 Å². The molecule has 0 radical (unpaired) electrons. The molecule has 1 aliphatic rings. The Balaban J connectivity index is 2.07. The highest BCUT2D eigenvalue weighted by atomic mass is 32.2. The van der Waals surface area contributed by atoms with E-state index in [9.17, 15) is 9.59 Å². The quantitative estimate of drug-likeness (QED) is 0.866. The number of carbonyl (C=O) groups excluding carboxylic acids is 1. The van der Waals surface area contributed by atoms with Crippen molar-refractivity contribution in [3.63, 3.8) is 0 Å². The number of nitrogens with zero attached hydrogens (tertiary/aromatic N) is 1. The lowest BCUT2D eigenvalue weighted by Crippen LogP contribution is -2.49. The minimum atomic E-state index is -0.967. The summed E-state index contributed by atoms with van der Waals surface area (Å²) in [5.41, 5.74) is 0.920. The van der Waals surface area contributed by atoms with Gasteiger partial charge in [-0.2, -0.15) is 11.8 Å². The fraction of sp³-hybridized carbons (Fsp3) is 0.385. The number of aromatic carboxylic acids is 1. The Morgan fingerprint density at radius 3 is 2.58 bits per heavy atom. The molecule has 2 N–H and O–H groups in total. The number of carboxylic acids is 1. The van der Waals surface area contributed by atoms with Crippen LogP contribution in [0.1, 0.15) is 10.4 Å². The molecule has 1 aliphatic heterocycles. The Morgan fingerprint density at radius 1 is 1.37 bits per heavy atom. The standard InChI is InChI=1S/C13H16N2O3S/c1-15(12(16)11-8-19-7-6-14-11)10-4-2-9(3-5-10)13(17)18/h2-5,11,14H,6-8H2,1H3,(H,17,18). The SMILES string of the molecule is CN(C(=O)C1CSCCN1)c1ccc(C(=O)O)cc1. The number of likely N-dealkylation sites (N-methyl/N-ethyl adjacent to an activating group) is 1. The molecule has 1 unspecified atom stereocenters. The fourth-order valence-electron chi connectivity index (χ4n) is 1.91. The van der Waals surface area contributed by atoms with Gasteiger partial charge < -0.3 is 15.3 Å². The van der Waals surface area contributed by atoms with Crippen LogP contribution in [0, 0.1) is 0 Å². The van der Waals surface area contributed by atoms with Crippen molar-refractivity contribution in [3.8, 4) is 0 Å². The molecule has 19 heavy (non-hydrogen) atoms. The lowest BCUT2D eigenvalue weighted by molar-refractivity contribution is -0.119. The van der Waals surface area contributed by atoms with Crippen LogP contribution in [-0.4, -0.2) is 48.1 Å². The molecule has 2 rings (SSSR count). The van der Waals surface area contributed by atoms with Gasteiger partial charge in [0.2, 0.25) is 5.91 Å². The minimum Gasteiger partial charge on any atom is -0.478 e. The van der Waals surface area contributed by atoms with E-state index in [2.05, 4.69) is 5.32 Å². The number of amides is 1. The van der Waals surface area contributed by atoms with Crippen LogP contribution in [0.3, 0.4) is 0 Å². The smallest absolute Gasteiger partial charge is 0.335 e. The molecule has 1 heterocycles. The maximum atomic E-state index is 12.3. The average molecular weight is 280 g/mol. The van der Waals surface area contributed by atoms with Crippen molar-refractivity contribution in [2.24, 2.45) is 0 Å². The van der Waals surface area contributed by atoms with Crippen molar-refractivity contribution in [3.05, 3.63) is 29.8 Å². The molecule has 1 saturated heterocycles. The summed E-state index contributed by atoms with van der Waals surface area (Å²) in [6.07, 6.45) is 0. The molecule has 0 aromatic heterocycles. The maximum absolute atomic E-state index is 12.3. The largest absolute Gasteiger partial charge is 0.478 e. The zero-order valence-corrected chi connectivity index (χ0v) is 11.4. The summed E-state index contributed by atoms with van der Waals surface area (Å²) in [4.78, 5) is 24.6. The van der Waals surface area contributed by atoms with Crippen molar-refractivity contribution in [1.29, 1.82) is 0 Å². The number of carboxylic acid groups (broad SMARTS) is 1. The molecular formula is C13H16N2O3S. The zero-order chi connectivity index (χ0) is 13.8. The highest BCUT2D eigenvalue weighted by molar-refractivity contribution is 7.99. The van der Waals surface area contributed by atoms with E-state index in [1.54, 1.807) is 35.8 Å². The number of nitrogens with one attached hydrogen (secondary N) is 1. The minimum absolute atomic E-state index is 0.00951. The average Bonchev–Trinajstić information content (AvgIpc) is 2.46. The number of anilines is 1. The molecule has 6 heteroatoms. The van der Waals surface area contributed by atoms with E-state index in [-0.39, 0.29) is 17.5 Å². The van der Waals surface area contributed by atoms with Crippen molar-refractivity contribution in [2.45, 2.75) is 6.04 Å². The van der Waals surface area contributed by atoms with Crippen LogP contribution >= 0.6 is 11.8 Å². The number of hydrogen-bond acceptors (Lipinski definition) is 4. The molecule has 1 aromatic rings. The number of rotatable bonds is 3. The Kier molecular flexibility index (Phi) is 4.44. The monoisotopic (exact) mass is 280 g/mol. The first kappa shape index (κ1) is 13.9. The van der Waals surface area contributed by atoms with Gasteiger partial charge in [-0.3, -0.25) is 4.79 Å². The van der Waals surface area contributed by atoms with Crippen molar-refractivity contribution in [1.82, 2.24) is 5.32 Å². The first-order valence-electron chi connectivity index (χ1n) is 6.01. The summed E-state index contributed by atoms with van der Waals surface area (Å²) < 4.78 is 0. The zero-order valence-electron chi connectivity index (χ0n) is 10.6. The lowest BCUT2D eigenvalue weighted by Gasteiger charge is -2.27. The first-order valence-corrected chi connectivity index (χ1v) is 7.17. The summed E-state index contributed by atoms with van der Waals surface area (Å²) >= 11 is 1.76. The van der Waals surface area contributed by atoms with Crippen LogP contribution in [0.4, 0.5) is 5.69 Å². The van der Waals surface area contributed by atoms with E-state index < -0.39 is 5.97 Å². The van der Waals surface area contributed by atoms with Gasteiger partial charge in [0.1, 0.15) is 0 Å². The van der Waals surface area contributed by atoms with Gasteiger partial charge in [-0.1, -0.05) is 0 Å². The number of benzene rings is 1. The summed E-state index contributed by atoms with van der Waals surface area (Å²) in [7, 11) is 1.71. The predicted molar refractivity (Wildman–Crippen MR) is 75.9 cm³/mol. The number of hydrogen-bond donors (Lipinski definition) is 2. The van der Waals surface area contributed by atoms with Crippen molar-refractivity contribution < 1.29 is 14.7 Å². The molecule has 1 aromatic carbocycles. The molecule has 102 valence electrons. The van der Waals surface area contributed by atoms with Crippen LogP contribution in [0.5, 0.6) is 0 Å². The molecule has 1 amide bonds. The van der Waals surface area contributed by atoms with E-state index in [0.717, 1.165) is 18.1 Å². The van der Waals surface area contributed by atoms with Gasteiger partial charge in [-0.25, -0.2) is 4.79 Å². The van der Waals surface area contributed by atoms with Crippen LogP contribution in [0.25, 0.3) is 0 Å². The van der Waals surface area contributed by atoms with Gasteiger partial charge in [0.05, 0.1) is 11.6 Å². The van der Waals surface area contributed by atoms with Gasteiger partial charge in [0, 0.05) is 30.8 Å². The Hall–Kier alpha value is -1.53. The van der Waals surface area contributed by atoms with E-state index in [1.165, 1.54) is 12.1 Å². The second kappa shape index (κ2) is 6.08. The third-order valence-electron chi connectivity index (χ3n) is 3.05.